The zero-order valence-electron chi connectivity index (χ0n) is 20.3. The van der Waals surface area contributed by atoms with Crippen LogP contribution in [0.4, 0.5) is 0 Å². The molecule has 3 amide bonds. The third kappa shape index (κ3) is 11.0. The van der Waals surface area contributed by atoms with Gasteiger partial charge in [-0.05, 0) is 31.6 Å². The molecule has 12 nitrogen and oxygen atoms in total. The molecule has 6 atom stereocenters. The number of hydrogen-bond donors (Lipinski definition) is 7. The summed E-state index contributed by atoms with van der Waals surface area (Å²) in [5.74, 6) is -3.43. The summed E-state index contributed by atoms with van der Waals surface area (Å²) < 4.78 is 0. The molecule has 0 heterocycles. The second-order valence-electron chi connectivity index (χ2n) is 8.38. The van der Waals surface area contributed by atoms with Crippen LogP contribution in [-0.4, -0.2) is 65.5 Å². The van der Waals surface area contributed by atoms with Gasteiger partial charge >= 0.3 is 5.97 Å². The fourth-order valence-corrected chi connectivity index (χ4v) is 2.95. The maximum Gasteiger partial charge on any atom is 0.326 e. The van der Waals surface area contributed by atoms with Crippen LogP contribution < -0.4 is 33.2 Å². The molecule has 33 heavy (non-hydrogen) atoms. The molecule has 0 saturated heterocycles. The molecule has 0 aromatic heterocycles. The number of hydrogen-bond acceptors (Lipinski definition) is 6. The van der Waals surface area contributed by atoms with E-state index in [1.807, 2.05) is 13.8 Å². The summed E-state index contributed by atoms with van der Waals surface area (Å²) in [5, 5.41) is 17.3. The van der Waals surface area contributed by atoms with E-state index in [4.69, 9.17) is 17.2 Å². The standard InChI is InChI=1S/C21H41N7O5/c1-6-11(3)15(18(30)26-14(20(32)33)9-8-10-25-21(23)24)28-19(31)16(12(4)7-2)27-17(29)13(5)22/h11-16H,6-10,22H2,1-5H3,(H,26,30)(H,27,29)(H,28,31)(H,32,33)(H4,23,24,25). The smallest absolute Gasteiger partial charge is 0.326 e. The van der Waals surface area contributed by atoms with Crippen molar-refractivity contribution in [2.75, 3.05) is 6.54 Å². The fraction of sp³-hybridized carbons (Fsp3) is 0.762. The van der Waals surface area contributed by atoms with Gasteiger partial charge in [-0.15, -0.1) is 0 Å². The number of guanidine groups is 1. The molecule has 10 N–H and O–H groups in total. The van der Waals surface area contributed by atoms with Crippen molar-refractivity contribution >= 4 is 29.7 Å². The summed E-state index contributed by atoms with van der Waals surface area (Å²) in [6.07, 6.45) is 1.61. The average molecular weight is 472 g/mol. The van der Waals surface area contributed by atoms with E-state index >= 15 is 0 Å². The number of nitrogens with zero attached hydrogens (tertiary/aromatic N) is 1. The highest BCUT2D eigenvalue weighted by atomic mass is 16.4. The number of carboxylic acid groups (broad SMARTS) is 1. The zero-order chi connectivity index (χ0) is 25.7. The first-order valence-corrected chi connectivity index (χ1v) is 11.3. The predicted molar refractivity (Wildman–Crippen MR) is 126 cm³/mol. The Labute approximate surface area is 195 Å². The largest absolute Gasteiger partial charge is 0.480 e. The lowest BCUT2D eigenvalue weighted by Crippen LogP contribution is -2.59. The molecule has 0 spiro atoms. The minimum absolute atomic E-state index is 0.0996. The van der Waals surface area contributed by atoms with Gasteiger partial charge in [0.1, 0.15) is 18.1 Å². The van der Waals surface area contributed by atoms with E-state index in [-0.39, 0.29) is 30.8 Å². The van der Waals surface area contributed by atoms with Crippen molar-refractivity contribution < 1.29 is 24.3 Å². The Bertz CT molecular complexity index is 694. The minimum atomic E-state index is -1.20. The van der Waals surface area contributed by atoms with Gasteiger partial charge in [-0.3, -0.25) is 19.4 Å². The Kier molecular flexibility index (Phi) is 13.7. The van der Waals surface area contributed by atoms with Crippen LogP contribution in [0.2, 0.25) is 0 Å². The molecular formula is C21H41N7O5. The second kappa shape index (κ2) is 15.0. The number of carbonyl (C=O) groups excluding carboxylic acids is 3. The number of carbonyl (C=O) groups is 4. The number of carboxylic acids is 1. The third-order valence-corrected chi connectivity index (χ3v) is 5.56. The van der Waals surface area contributed by atoms with E-state index < -0.39 is 47.9 Å². The number of aliphatic imine (C=N–C) groups is 1. The quantitative estimate of drug-likeness (QED) is 0.0892. The lowest BCUT2D eigenvalue weighted by atomic mass is 9.94. The maximum atomic E-state index is 13.0. The predicted octanol–water partition coefficient (Wildman–Crippen LogP) is -0.982. The Morgan fingerprint density at radius 3 is 1.70 bits per heavy atom. The lowest BCUT2D eigenvalue weighted by molar-refractivity contribution is -0.143. The monoisotopic (exact) mass is 471 g/mol. The highest BCUT2D eigenvalue weighted by Gasteiger charge is 2.33. The van der Waals surface area contributed by atoms with Crippen LogP contribution in [0.1, 0.15) is 60.3 Å². The Hall–Kier alpha value is -2.89. The molecule has 0 fully saturated rings. The third-order valence-electron chi connectivity index (χ3n) is 5.56. The number of nitrogens with one attached hydrogen (secondary N) is 3. The van der Waals surface area contributed by atoms with E-state index in [0.717, 1.165) is 0 Å². The van der Waals surface area contributed by atoms with Gasteiger partial charge in [-0.25, -0.2) is 4.79 Å². The number of rotatable bonds is 15. The summed E-state index contributed by atoms with van der Waals surface area (Å²) >= 11 is 0. The summed E-state index contributed by atoms with van der Waals surface area (Å²) in [7, 11) is 0. The van der Waals surface area contributed by atoms with Crippen LogP contribution >= 0.6 is 0 Å². The Balaban J connectivity index is 5.47. The van der Waals surface area contributed by atoms with Crippen molar-refractivity contribution in [2.45, 2.75) is 84.5 Å². The molecule has 12 heteroatoms. The first-order chi connectivity index (χ1) is 15.3. The second-order valence-corrected chi connectivity index (χ2v) is 8.38. The van der Waals surface area contributed by atoms with Gasteiger partial charge in [0, 0.05) is 6.54 Å². The lowest BCUT2D eigenvalue weighted by Gasteiger charge is -2.29. The summed E-state index contributed by atoms with van der Waals surface area (Å²) in [6, 6.07) is -3.84. The first-order valence-electron chi connectivity index (χ1n) is 11.3. The molecule has 0 rings (SSSR count). The van der Waals surface area contributed by atoms with Gasteiger partial charge in [0.15, 0.2) is 5.96 Å². The average Bonchev–Trinajstić information content (AvgIpc) is 2.75. The van der Waals surface area contributed by atoms with Crippen LogP contribution in [0.3, 0.4) is 0 Å². The molecule has 0 aromatic rings. The molecule has 0 bridgehead atoms. The maximum absolute atomic E-state index is 13.0. The number of amides is 3. The van der Waals surface area contributed by atoms with Crippen LogP contribution in [0.5, 0.6) is 0 Å². The van der Waals surface area contributed by atoms with Crippen LogP contribution in [0.25, 0.3) is 0 Å². The van der Waals surface area contributed by atoms with Crippen LogP contribution in [0.15, 0.2) is 4.99 Å². The van der Waals surface area contributed by atoms with Crippen molar-refractivity contribution in [1.82, 2.24) is 16.0 Å². The minimum Gasteiger partial charge on any atom is -0.480 e. The van der Waals surface area contributed by atoms with Crippen molar-refractivity contribution in [2.24, 2.45) is 34.0 Å². The van der Waals surface area contributed by atoms with E-state index in [2.05, 4.69) is 20.9 Å². The normalized spacial score (nSPS) is 16.3. The van der Waals surface area contributed by atoms with E-state index in [9.17, 15) is 24.3 Å². The molecule has 190 valence electrons. The molecule has 0 aliphatic heterocycles. The van der Waals surface area contributed by atoms with Crippen LogP contribution in [-0.2, 0) is 19.2 Å². The molecule has 0 aliphatic carbocycles. The van der Waals surface area contributed by atoms with Crippen LogP contribution in [0, 0.1) is 11.8 Å². The topological polar surface area (TPSA) is 215 Å². The van der Waals surface area contributed by atoms with Crippen molar-refractivity contribution in [3.05, 3.63) is 0 Å². The highest BCUT2D eigenvalue weighted by molar-refractivity contribution is 5.94. The van der Waals surface area contributed by atoms with E-state index in [1.54, 1.807) is 13.8 Å². The summed E-state index contributed by atoms with van der Waals surface area (Å²) in [5.41, 5.74) is 16.1. The van der Waals surface area contributed by atoms with E-state index in [0.29, 0.717) is 19.3 Å². The Morgan fingerprint density at radius 1 is 0.848 bits per heavy atom. The molecule has 0 saturated carbocycles. The van der Waals surface area contributed by atoms with E-state index in [1.165, 1.54) is 6.92 Å². The van der Waals surface area contributed by atoms with Gasteiger partial charge in [-0.1, -0.05) is 40.5 Å². The molecule has 0 aliphatic rings. The number of aliphatic carboxylic acids is 1. The summed E-state index contributed by atoms with van der Waals surface area (Å²) in [4.78, 5) is 53.5. The SMILES string of the molecule is CCC(C)C(NC(=O)C(C)N)C(=O)NC(C(=O)NC(CCCN=C(N)N)C(=O)O)C(C)CC. The fourth-order valence-electron chi connectivity index (χ4n) is 2.95. The molecule has 0 radical (unpaired) electrons. The Morgan fingerprint density at radius 2 is 1.30 bits per heavy atom. The van der Waals surface area contributed by atoms with Gasteiger partial charge in [0.05, 0.1) is 6.04 Å². The highest BCUT2D eigenvalue weighted by Crippen LogP contribution is 2.13. The molecule has 6 unspecified atom stereocenters. The van der Waals surface area contributed by atoms with Gasteiger partial charge < -0.3 is 38.3 Å². The molecular weight excluding hydrogens is 430 g/mol. The van der Waals surface area contributed by atoms with Gasteiger partial charge in [0.2, 0.25) is 17.7 Å². The number of nitrogens with two attached hydrogens (primary N) is 3. The van der Waals surface area contributed by atoms with Crippen molar-refractivity contribution in [3.8, 4) is 0 Å². The van der Waals surface area contributed by atoms with Crippen molar-refractivity contribution in [1.29, 1.82) is 0 Å². The zero-order valence-corrected chi connectivity index (χ0v) is 20.3. The summed E-state index contributed by atoms with van der Waals surface area (Å²) in [6.45, 7) is 9.05. The van der Waals surface area contributed by atoms with Gasteiger partial charge in [-0.2, -0.15) is 0 Å². The van der Waals surface area contributed by atoms with Gasteiger partial charge in [0.25, 0.3) is 0 Å². The first kappa shape index (κ1) is 30.1. The molecule has 0 aromatic carbocycles. The van der Waals surface area contributed by atoms with Crippen molar-refractivity contribution in [3.63, 3.8) is 0 Å².